The van der Waals surface area contributed by atoms with Crippen molar-refractivity contribution in [3.63, 3.8) is 0 Å². The van der Waals surface area contributed by atoms with Crippen molar-refractivity contribution in [3.05, 3.63) is 11.8 Å². The summed E-state index contributed by atoms with van der Waals surface area (Å²) in [5.41, 5.74) is 1.68. The number of allylic oxidation sites excluding steroid dienone is 1. The smallest absolute Gasteiger partial charge is 0.0678 e. The van der Waals surface area contributed by atoms with Gasteiger partial charge in [-0.25, -0.2) is 0 Å². The van der Waals surface area contributed by atoms with Crippen LogP contribution in [0.1, 0.15) is 53.4 Å². The highest BCUT2D eigenvalue weighted by molar-refractivity contribution is 5.94. The van der Waals surface area contributed by atoms with Gasteiger partial charge < -0.3 is 15.5 Å². The minimum Gasteiger partial charge on any atom is -0.388 e. The Labute approximate surface area is 129 Å². The van der Waals surface area contributed by atoms with E-state index in [9.17, 15) is 0 Å². The Morgan fingerprint density at radius 3 is 2.19 bits per heavy atom. The fourth-order valence-electron chi connectivity index (χ4n) is 3.47. The van der Waals surface area contributed by atoms with Crippen molar-refractivity contribution in [1.82, 2.24) is 10.2 Å². The van der Waals surface area contributed by atoms with Gasteiger partial charge in [0.1, 0.15) is 0 Å². The monoisotopic (exact) mass is 293 g/mol. The first kappa shape index (κ1) is 16.5. The first-order chi connectivity index (χ1) is 9.95. The SMILES string of the molecule is CC(=N)/C(C)=C\N[C@H]1CC[C@H](N2C[C@@H](C)O[C@@H](C)C2)CC1. The largest absolute Gasteiger partial charge is 0.388 e. The van der Waals surface area contributed by atoms with Crippen LogP contribution in [0.5, 0.6) is 0 Å². The molecule has 1 heterocycles. The third-order valence-corrected chi connectivity index (χ3v) is 4.79. The lowest BCUT2D eigenvalue weighted by molar-refractivity contribution is -0.0845. The molecule has 2 rings (SSSR count). The standard InChI is InChI=1S/C17H31N3O/c1-12(15(4)18)9-19-16-5-7-17(8-6-16)20-10-13(2)21-14(3)11-20/h9,13-14,16-19H,5-8,10-11H2,1-4H3/b12-9-,18-15?/t13-,14+,16-,17-. The molecule has 0 unspecified atom stereocenters. The number of hydrogen-bond donors (Lipinski definition) is 2. The van der Waals surface area contributed by atoms with Crippen LogP contribution in [0.2, 0.25) is 0 Å². The van der Waals surface area contributed by atoms with E-state index < -0.39 is 0 Å². The lowest BCUT2D eigenvalue weighted by atomic mass is 9.89. The minimum absolute atomic E-state index is 0.366. The summed E-state index contributed by atoms with van der Waals surface area (Å²) >= 11 is 0. The summed E-state index contributed by atoms with van der Waals surface area (Å²) in [4.78, 5) is 2.64. The van der Waals surface area contributed by atoms with E-state index in [4.69, 9.17) is 10.1 Å². The molecule has 2 N–H and O–H groups in total. The van der Waals surface area contributed by atoms with Crippen LogP contribution < -0.4 is 5.32 Å². The van der Waals surface area contributed by atoms with Gasteiger partial charge in [0, 0.05) is 37.1 Å². The van der Waals surface area contributed by atoms with Gasteiger partial charge in [0.2, 0.25) is 0 Å². The van der Waals surface area contributed by atoms with E-state index in [1.54, 1.807) is 0 Å². The molecule has 0 amide bonds. The molecule has 0 aromatic rings. The Bertz CT molecular complexity index is 375. The van der Waals surface area contributed by atoms with Gasteiger partial charge >= 0.3 is 0 Å². The molecule has 0 radical (unpaired) electrons. The second kappa shape index (κ2) is 7.41. The highest BCUT2D eigenvalue weighted by Crippen LogP contribution is 2.26. The second-order valence-electron chi connectivity index (χ2n) is 6.84. The van der Waals surface area contributed by atoms with Gasteiger partial charge in [-0.1, -0.05) is 0 Å². The number of hydrogen-bond acceptors (Lipinski definition) is 4. The second-order valence-corrected chi connectivity index (χ2v) is 6.84. The molecule has 1 saturated heterocycles. The van der Waals surface area contributed by atoms with Crippen LogP contribution in [-0.4, -0.2) is 48.0 Å². The van der Waals surface area contributed by atoms with E-state index in [2.05, 4.69) is 24.1 Å². The van der Waals surface area contributed by atoms with E-state index in [1.165, 1.54) is 25.7 Å². The summed E-state index contributed by atoms with van der Waals surface area (Å²) in [6.45, 7) is 10.4. The quantitative estimate of drug-likeness (QED) is 0.784. The molecular weight excluding hydrogens is 262 g/mol. The van der Waals surface area contributed by atoms with Gasteiger partial charge in [0.25, 0.3) is 0 Å². The van der Waals surface area contributed by atoms with Crippen LogP contribution in [0.3, 0.4) is 0 Å². The first-order valence-electron chi connectivity index (χ1n) is 8.33. The zero-order chi connectivity index (χ0) is 15.4. The summed E-state index contributed by atoms with van der Waals surface area (Å²) in [6.07, 6.45) is 7.75. The molecule has 4 nitrogen and oxygen atoms in total. The van der Waals surface area contributed by atoms with E-state index in [-0.39, 0.29) is 0 Å². The van der Waals surface area contributed by atoms with Crippen molar-refractivity contribution in [2.24, 2.45) is 0 Å². The molecule has 21 heavy (non-hydrogen) atoms. The number of ether oxygens (including phenoxy) is 1. The highest BCUT2D eigenvalue weighted by Gasteiger charge is 2.30. The maximum Gasteiger partial charge on any atom is 0.0678 e. The normalized spacial score (nSPS) is 35.5. The predicted octanol–water partition coefficient (Wildman–Crippen LogP) is 2.94. The fraction of sp³-hybridized carbons (Fsp3) is 0.824. The maximum absolute atomic E-state index is 7.59. The fourth-order valence-corrected chi connectivity index (χ4v) is 3.47. The Hall–Kier alpha value is -0.870. The molecule has 0 aromatic heterocycles. The number of nitrogens with zero attached hydrogens (tertiary/aromatic N) is 1. The molecule has 1 aliphatic carbocycles. The number of nitrogens with one attached hydrogen (secondary N) is 2. The molecule has 2 aliphatic rings. The summed E-state index contributed by atoms with van der Waals surface area (Å²) in [7, 11) is 0. The van der Waals surface area contributed by atoms with Crippen molar-refractivity contribution in [2.75, 3.05) is 13.1 Å². The minimum atomic E-state index is 0.366. The molecule has 2 fully saturated rings. The average Bonchev–Trinajstić information content (AvgIpc) is 2.44. The molecule has 0 spiro atoms. The zero-order valence-electron chi connectivity index (χ0n) is 14.0. The summed E-state index contributed by atoms with van der Waals surface area (Å²) < 4.78 is 5.83. The maximum atomic E-state index is 7.59. The van der Waals surface area contributed by atoms with Crippen molar-refractivity contribution in [1.29, 1.82) is 5.41 Å². The van der Waals surface area contributed by atoms with Gasteiger partial charge in [-0.2, -0.15) is 0 Å². The third kappa shape index (κ3) is 4.82. The van der Waals surface area contributed by atoms with Crippen LogP contribution in [-0.2, 0) is 4.74 Å². The van der Waals surface area contributed by atoms with Crippen LogP contribution in [0.25, 0.3) is 0 Å². The highest BCUT2D eigenvalue weighted by atomic mass is 16.5. The van der Waals surface area contributed by atoms with Crippen molar-refractivity contribution >= 4 is 5.71 Å². The van der Waals surface area contributed by atoms with E-state index in [1.807, 2.05) is 20.0 Å². The van der Waals surface area contributed by atoms with Gasteiger partial charge in [-0.3, -0.25) is 4.90 Å². The number of rotatable bonds is 4. The lowest BCUT2D eigenvalue weighted by Crippen LogP contribution is -2.51. The Morgan fingerprint density at radius 1 is 1.10 bits per heavy atom. The van der Waals surface area contributed by atoms with Crippen molar-refractivity contribution in [2.45, 2.75) is 77.7 Å². The van der Waals surface area contributed by atoms with Crippen LogP contribution in [0, 0.1) is 5.41 Å². The summed E-state index contributed by atoms with van der Waals surface area (Å²) in [6, 6.07) is 1.30. The molecule has 2 atom stereocenters. The van der Waals surface area contributed by atoms with Gasteiger partial charge in [0.15, 0.2) is 0 Å². The number of morpholine rings is 1. The molecule has 120 valence electrons. The van der Waals surface area contributed by atoms with Gasteiger partial charge in [-0.05, 0) is 59.0 Å². The zero-order valence-corrected chi connectivity index (χ0v) is 14.0. The summed E-state index contributed by atoms with van der Waals surface area (Å²) in [5.74, 6) is 0. The summed E-state index contributed by atoms with van der Waals surface area (Å²) in [5, 5.41) is 11.1. The van der Waals surface area contributed by atoms with E-state index >= 15 is 0 Å². The molecule has 4 heteroatoms. The average molecular weight is 293 g/mol. The van der Waals surface area contributed by atoms with Gasteiger partial charge in [0.05, 0.1) is 12.2 Å². The first-order valence-corrected chi connectivity index (χ1v) is 8.33. The van der Waals surface area contributed by atoms with E-state index in [0.717, 1.165) is 24.7 Å². The Morgan fingerprint density at radius 2 is 1.67 bits per heavy atom. The van der Waals surface area contributed by atoms with Crippen LogP contribution in [0.4, 0.5) is 0 Å². The Balaban J connectivity index is 1.78. The van der Waals surface area contributed by atoms with Gasteiger partial charge in [-0.15, -0.1) is 0 Å². The molecule has 0 bridgehead atoms. The van der Waals surface area contributed by atoms with Crippen LogP contribution in [0.15, 0.2) is 11.8 Å². The van der Waals surface area contributed by atoms with Crippen molar-refractivity contribution < 1.29 is 4.74 Å². The molecule has 1 aliphatic heterocycles. The molecule has 0 aromatic carbocycles. The van der Waals surface area contributed by atoms with Crippen LogP contribution >= 0.6 is 0 Å². The predicted molar refractivity (Wildman–Crippen MR) is 87.9 cm³/mol. The molecule has 1 saturated carbocycles. The molecular formula is C17H31N3O. The third-order valence-electron chi connectivity index (χ3n) is 4.79. The Kier molecular flexibility index (Phi) is 5.82. The topological polar surface area (TPSA) is 48.4 Å². The van der Waals surface area contributed by atoms with E-state index in [0.29, 0.717) is 24.0 Å². The van der Waals surface area contributed by atoms with Crippen molar-refractivity contribution in [3.8, 4) is 0 Å². The lowest BCUT2D eigenvalue weighted by Gasteiger charge is -2.42.